The van der Waals surface area contributed by atoms with Crippen LogP contribution in [-0.4, -0.2) is 136 Å². The number of fused-ring (bicyclic) bond motifs is 5. The molecule has 0 aromatic heterocycles. The molecule has 3 saturated heterocycles. The number of allylic oxidation sites excluding steroid dienone is 3. The number of methoxy groups -OCH3 is 1. The van der Waals surface area contributed by atoms with E-state index in [-0.39, 0.29) is 46.1 Å². The molecule has 0 unspecified atom stereocenters. The maximum Gasteiger partial charge on any atom is 0.187 e. The third kappa shape index (κ3) is 6.80. The number of rotatable bonds is 9. The van der Waals surface area contributed by atoms with E-state index in [1.807, 2.05) is 0 Å². The average molecular weight is 795 g/mol. The van der Waals surface area contributed by atoms with Crippen LogP contribution >= 0.6 is 0 Å². The lowest BCUT2D eigenvalue weighted by Crippen LogP contribution is -2.65. The second kappa shape index (κ2) is 15.8. The number of aliphatic hydroxyl groups is 7. The van der Waals surface area contributed by atoms with E-state index in [2.05, 4.69) is 60.6 Å². The minimum Gasteiger partial charge on any atom is -0.394 e. The molecule has 13 nitrogen and oxygen atoms in total. The predicted molar refractivity (Wildman–Crippen MR) is 203 cm³/mol. The Morgan fingerprint density at radius 2 is 1.43 bits per heavy atom. The van der Waals surface area contributed by atoms with Crippen LogP contribution in [-0.2, 0) is 28.4 Å². The van der Waals surface area contributed by atoms with Gasteiger partial charge in [0.25, 0.3) is 0 Å². The van der Waals surface area contributed by atoms with Crippen LogP contribution in [0.15, 0.2) is 23.3 Å². The molecule has 0 spiro atoms. The van der Waals surface area contributed by atoms with Crippen LogP contribution in [0, 0.1) is 45.3 Å². The zero-order valence-corrected chi connectivity index (χ0v) is 34.6. The summed E-state index contributed by atoms with van der Waals surface area (Å²) in [5.74, 6) is 1.55. The van der Waals surface area contributed by atoms with Crippen LogP contribution < -0.4 is 0 Å². The summed E-state index contributed by atoms with van der Waals surface area (Å²) in [6.45, 7) is 15.0. The van der Waals surface area contributed by atoms with Gasteiger partial charge < -0.3 is 64.2 Å². The van der Waals surface area contributed by atoms with Crippen molar-refractivity contribution >= 4 is 0 Å². The summed E-state index contributed by atoms with van der Waals surface area (Å²) in [5, 5.41) is 73.4. The fourth-order valence-corrected chi connectivity index (χ4v) is 13.2. The zero-order chi connectivity index (χ0) is 40.7. The maximum atomic E-state index is 11.3. The Labute approximate surface area is 332 Å². The van der Waals surface area contributed by atoms with E-state index in [9.17, 15) is 35.7 Å². The van der Waals surface area contributed by atoms with E-state index in [0.717, 1.165) is 44.9 Å². The fraction of sp³-hybridized carbons (Fsp3) is 0.907. The lowest BCUT2D eigenvalue weighted by Gasteiger charge is -2.65. The van der Waals surface area contributed by atoms with Gasteiger partial charge in [-0.2, -0.15) is 0 Å². The van der Waals surface area contributed by atoms with E-state index in [1.165, 1.54) is 5.57 Å². The summed E-state index contributed by atoms with van der Waals surface area (Å²) in [5.41, 5.74) is 2.74. The molecular weight excluding hydrogens is 724 g/mol. The molecule has 3 heterocycles. The summed E-state index contributed by atoms with van der Waals surface area (Å²) in [7, 11) is 1.78. The van der Waals surface area contributed by atoms with Gasteiger partial charge in [0.05, 0.1) is 25.4 Å². The third-order valence-electron chi connectivity index (χ3n) is 16.5. The molecule has 0 aromatic rings. The minimum atomic E-state index is -1.73. The molecule has 320 valence electrons. The fourth-order valence-electron chi connectivity index (χ4n) is 13.2. The monoisotopic (exact) mass is 794 g/mol. The molecule has 7 rings (SSSR count). The predicted octanol–water partition coefficient (Wildman–Crippen LogP) is 2.94. The Morgan fingerprint density at radius 3 is 2.07 bits per heavy atom. The topological polar surface area (TPSA) is 197 Å². The number of hydrogen-bond acceptors (Lipinski definition) is 13. The standard InChI is InChI=1S/C43H70O13/c1-21(2)17-22-18-23(37(51-8)52-22)24-11-15-43(7)26-9-10-29-40(3,4)30(13-14-41(29,5)25(26)12-16-42(24,43)6)55-39-36(34(49)32(47)28(20-45)54-39)56-38-35(50)33(48)31(46)27(19-44)53-38/h9,17,22-25,27-39,44-50H,10-16,18-20H2,1-8H3/t22-,23+,24-,25+,27-,28-,29+,30+,31-,32-,33+,34+,35-,36-,37-,38+,39+,41-,42+,43-/m1/s1. The SMILES string of the molecule is CO[C@@H]1O[C@H](C=C(C)C)C[C@H]1[C@H]1CC[C@]2(C)C3=CC[C@H]4C(C)(C)[C@@H](O[C@@H]5O[C@H](CO)[C@@H](O)[C@H](O)[C@H]5O[C@@H]5O[C@H](CO)[C@@H](O)[C@H](O)[C@H]5O)CC[C@]4(C)[C@H]3CC[C@@]12C. The summed E-state index contributed by atoms with van der Waals surface area (Å²) >= 11 is 0. The number of ether oxygens (including phenoxy) is 6. The first-order valence-electron chi connectivity index (χ1n) is 21.1. The molecular formula is C43H70O13. The quantitative estimate of drug-likeness (QED) is 0.169. The minimum absolute atomic E-state index is 0.0128. The van der Waals surface area contributed by atoms with E-state index >= 15 is 0 Å². The highest BCUT2D eigenvalue weighted by Crippen LogP contribution is 2.74. The average Bonchev–Trinajstić information content (AvgIpc) is 3.68. The second-order valence-corrected chi connectivity index (χ2v) is 19.9. The Bertz CT molecular complexity index is 1460. The smallest absolute Gasteiger partial charge is 0.187 e. The van der Waals surface area contributed by atoms with Gasteiger partial charge in [0.1, 0.15) is 48.8 Å². The highest BCUT2D eigenvalue weighted by Gasteiger charge is 2.67. The molecule has 6 fully saturated rings. The van der Waals surface area contributed by atoms with Crippen LogP contribution in [0.1, 0.15) is 99.8 Å². The van der Waals surface area contributed by atoms with Crippen molar-refractivity contribution in [2.45, 2.75) is 180 Å². The number of aliphatic hydroxyl groups excluding tert-OH is 7. The molecule has 0 radical (unpaired) electrons. The van der Waals surface area contributed by atoms with Crippen LogP contribution in [0.5, 0.6) is 0 Å². The highest BCUT2D eigenvalue weighted by molar-refractivity contribution is 5.33. The molecule has 13 heteroatoms. The summed E-state index contributed by atoms with van der Waals surface area (Å²) in [6.07, 6.45) is -2.40. The van der Waals surface area contributed by atoms with Gasteiger partial charge in [-0.25, -0.2) is 0 Å². The third-order valence-corrected chi connectivity index (χ3v) is 16.5. The Morgan fingerprint density at radius 1 is 0.768 bits per heavy atom. The van der Waals surface area contributed by atoms with Crippen molar-refractivity contribution < 1.29 is 64.2 Å². The Hall–Kier alpha value is -1.04. The van der Waals surface area contributed by atoms with Crippen LogP contribution in [0.25, 0.3) is 0 Å². The zero-order valence-electron chi connectivity index (χ0n) is 34.6. The van der Waals surface area contributed by atoms with Crippen molar-refractivity contribution in [1.29, 1.82) is 0 Å². The van der Waals surface area contributed by atoms with Gasteiger partial charge in [-0.3, -0.25) is 0 Å². The first kappa shape index (κ1) is 43.1. The van der Waals surface area contributed by atoms with Gasteiger partial charge in [-0.1, -0.05) is 57.9 Å². The Balaban J connectivity index is 1.11. The molecule has 56 heavy (non-hydrogen) atoms. The first-order chi connectivity index (χ1) is 26.4. The van der Waals surface area contributed by atoms with Crippen LogP contribution in [0.4, 0.5) is 0 Å². The van der Waals surface area contributed by atoms with Crippen molar-refractivity contribution in [2.24, 2.45) is 45.3 Å². The lowest BCUT2D eigenvalue weighted by atomic mass is 9.41. The van der Waals surface area contributed by atoms with E-state index in [1.54, 1.807) is 12.7 Å². The van der Waals surface area contributed by atoms with Gasteiger partial charge in [0.2, 0.25) is 0 Å². The molecule has 4 aliphatic carbocycles. The van der Waals surface area contributed by atoms with Crippen LogP contribution in [0.2, 0.25) is 0 Å². The first-order valence-corrected chi connectivity index (χ1v) is 21.1. The second-order valence-electron chi connectivity index (χ2n) is 19.9. The molecule has 3 aliphatic heterocycles. The van der Waals surface area contributed by atoms with E-state index < -0.39 is 74.6 Å². The lowest BCUT2D eigenvalue weighted by molar-refractivity contribution is -0.377. The molecule has 20 atom stereocenters. The van der Waals surface area contributed by atoms with Gasteiger partial charge in [0, 0.05) is 13.0 Å². The molecule has 0 bridgehead atoms. The van der Waals surface area contributed by atoms with Crippen molar-refractivity contribution in [3.8, 4) is 0 Å². The van der Waals surface area contributed by atoms with Gasteiger partial charge in [0.15, 0.2) is 18.9 Å². The summed E-state index contributed by atoms with van der Waals surface area (Å²) < 4.78 is 36.9. The molecule has 7 N–H and O–H groups in total. The van der Waals surface area contributed by atoms with E-state index in [4.69, 9.17) is 28.4 Å². The molecule has 3 saturated carbocycles. The van der Waals surface area contributed by atoms with Gasteiger partial charge in [-0.15, -0.1) is 0 Å². The molecule has 7 aliphatic rings. The summed E-state index contributed by atoms with van der Waals surface area (Å²) in [4.78, 5) is 0. The summed E-state index contributed by atoms with van der Waals surface area (Å²) in [6, 6.07) is 0. The van der Waals surface area contributed by atoms with Crippen molar-refractivity contribution in [3.05, 3.63) is 23.3 Å². The largest absolute Gasteiger partial charge is 0.394 e. The highest BCUT2D eigenvalue weighted by atomic mass is 16.8. The normalized spacial score (nSPS) is 52.8. The number of hydrogen-bond donors (Lipinski definition) is 7. The van der Waals surface area contributed by atoms with Gasteiger partial charge in [-0.05, 0) is 105 Å². The van der Waals surface area contributed by atoms with Crippen molar-refractivity contribution in [1.82, 2.24) is 0 Å². The molecule has 0 amide bonds. The van der Waals surface area contributed by atoms with Gasteiger partial charge >= 0.3 is 0 Å². The Kier molecular flexibility index (Phi) is 12.1. The maximum absolute atomic E-state index is 11.3. The van der Waals surface area contributed by atoms with Crippen molar-refractivity contribution in [2.75, 3.05) is 20.3 Å². The van der Waals surface area contributed by atoms with E-state index in [0.29, 0.717) is 24.2 Å². The molecule has 0 aromatic carbocycles. The van der Waals surface area contributed by atoms with Crippen LogP contribution in [0.3, 0.4) is 0 Å². The van der Waals surface area contributed by atoms with Crippen molar-refractivity contribution in [3.63, 3.8) is 0 Å².